The van der Waals surface area contributed by atoms with Crippen molar-refractivity contribution in [3.63, 3.8) is 0 Å². The van der Waals surface area contributed by atoms with E-state index in [9.17, 15) is 0 Å². The van der Waals surface area contributed by atoms with Crippen LogP contribution in [0.5, 0.6) is 0 Å². The molecule has 41 heavy (non-hydrogen) atoms. The van der Waals surface area contributed by atoms with Gasteiger partial charge in [0.05, 0.1) is 12.4 Å². The molecule has 0 radical (unpaired) electrons. The summed E-state index contributed by atoms with van der Waals surface area (Å²) in [6.45, 7) is 0. The predicted octanol–water partition coefficient (Wildman–Crippen LogP) is 9.12. The molecule has 8 aromatic rings. The second-order valence-corrected chi connectivity index (χ2v) is 10.0. The van der Waals surface area contributed by atoms with Crippen LogP contribution in [0.1, 0.15) is 1.37 Å². The van der Waals surface area contributed by atoms with E-state index < -0.39 is 0 Å². The van der Waals surface area contributed by atoms with Crippen LogP contribution in [-0.2, 0) is 0 Å². The van der Waals surface area contributed by atoms with Crippen molar-refractivity contribution in [2.45, 2.75) is 0 Å². The van der Waals surface area contributed by atoms with E-state index in [1.165, 1.54) is 27.1 Å². The number of hydrogen-bond acceptors (Lipinski definition) is 3. The van der Waals surface area contributed by atoms with Crippen molar-refractivity contribution >= 4 is 32.6 Å². The molecule has 2 heterocycles. The predicted molar refractivity (Wildman–Crippen MR) is 168 cm³/mol. The van der Waals surface area contributed by atoms with E-state index >= 15 is 0 Å². The molecule has 0 aliphatic heterocycles. The summed E-state index contributed by atoms with van der Waals surface area (Å²) in [6, 6.07) is 47.7. The molecule has 0 spiro atoms. The van der Waals surface area contributed by atoms with Gasteiger partial charge in [-0.25, -0.2) is 15.0 Å². The SMILES string of the molecule is [3H]c1ccc(-c2nc(-c3ccccc3)nc(-c3cccc(-n4c5ccccc5c5ccc6ccccc6c54)c3)n2)cc1. The first-order valence-electron chi connectivity index (χ1n) is 14.1. The van der Waals surface area contributed by atoms with Crippen molar-refractivity contribution in [1.29, 1.82) is 0 Å². The smallest absolute Gasteiger partial charge is 0.164 e. The van der Waals surface area contributed by atoms with Gasteiger partial charge in [-0.15, -0.1) is 0 Å². The monoisotopic (exact) mass is 526 g/mol. The maximum Gasteiger partial charge on any atom is 0.164 e. The van der Waals surface area contributed by atoms with Gasteiger partial charge in [-0.1, -0.05) is 127 Å². The maximum absolute atomic E-state index is 7.91. The van der Waals surface area contributed by atoms with Crippen molar-refractivity contribution < 1.29 is 1.37 Å². The molecule has 0 aliphatic carbocycles. The van der Waals surface area contributed by atoms with Crippen LogP contribution in [-0.4, -0.2) is 19.5 Å². The summed E-state index contributed by atoms with van der Waals surface area (Å²) >= 11 is 0. The minimum absolute atomic E-state index is 0.447. The Labute approximate surface area is 238 Å². The number of rotatable bonds is 4. The van der Waals surface area contributed by atoms with E-state index in [1.807, 2.05) is 42.5 Å². The Bertz CT molecular complexity index is 2250. The van der Waals surface area contributed by atoms with E-state index in [4.69, 9.17) is 16.3 Å². The lowest BCUT2D eigenvalue weighted by Gasteiger charge is -2.12. The minimum Gasteiger partial charge on any atom is -0.309 e. The molecule has 0 aliphatic rings. The van der Waals surface area contributed by atoms with Gasteiger partial charge in [0.1, 0.15) is 0 Å². The van der Waals surface area contributed by atoms with Gasteiger partial charge in [0, 0.05) is 38.5 Å². The quantitative estimate of drug-likeness (QED) is 0.230. The van der Waals surface area contributed by atoms with E-state index in [1.54, 1.807) is 12.1 Å². The van der Waals surface area contributed by atoms with Crippen LogP contribution < -0.4 is 0 Å². The molecule has 4 heteroatoms. The van der Waals surface area contributed by atoms with Crippen LogP contribution in [0.3, 0.4) is 0 Å². The van der Waals surface area contributed by atoms with E-state index in [0.717, 1.165) is 27.9 Å². The van der Waals surface area contributed by atoms with Crippen LogP contribution in [0.4, 0.5) is 0 Å². The number of aromatic nitrogens is 4. The zero-order chi connectivity index (χ0) is 28.0. The molecule has 4 nitrogen and oxygen atoms in total. The second-order valence-electron chi connectivity index (χ2n) is 10.0. The van der Waals surface area contributed by atoms with Gasteiger partial charge in [0.2, 0.25) is 0 Å². The maximum atomic E-state index is 7.91. The van der Waals surface area contributed by atoms with Crippen LogP contribution in [0.25, 0.3) is 72.4 Å². The first-order valence-corrected chi connectivity index (χ1v) is 13.6. The van der Waals surface area contributed by atoms with Gasteiger partial charge in [-0.3, -0.25) is 0 Å². The Hall–Kier alpha value is -5.61. The molecule has 0 saturated heterocycles. The standard InChI is InChI=1S/C37H24N4/c1-3-13-26(14-4-1)35-38-36(27-15-5-2-6-16-27)40-37(39-35)28-17-11-18-29(24-28)41-33-21-10-9-20-31(33)32-23-22-25-12-7-8-19-30(25)34(32)41/h1-24H/i1T. The molecule has 2 aromatic heterocycles. The first kappa shape index (κ1) is 22.2. The van der Waals surface area contributed by atoms with Gasteiger partial charge in [0.15, 0.2) is 17.5 Å². The van der Waals surface area contributed by atoms with E-state index in [-0.39, 0.29) is 0 Å². The molecule has 8 rings (SSSR count). The zero-order valence-corrected chi connectivity index (χ0v) is 22.1. The van der Waals surface area contributed by atoms with Gasteiger partial charge < -0.3 is 4.57 Å². The highest BCUT2D eigenvalue weighted by Gasteiger charge is 2.17. The Balaban J connectivity index is 1.37. The largest absolute Gasteiger partial charge is 0.309 e. The average molecular weight is 527 g/mol. The number of benzene rings is 6. The van der Waals surface area contributed by atoms with Crippen molar-refractivity contribution in [2.24, 2.45) is 0 Å². The van der Waals surface area contributed by atoms with Crippen LogP contribution in [0, 0.1) is 0 Å². The molecule has 0 unspecified atom stereocenters. The summed E-state index contributed by atoms with van der Waals surface area (Å²) in [5.41, 5.74) is 6.04. The van der Waals surface area contributed by atoms with Crippen molar-refractivity contribution in [1.82, 2.24) is 19.5 Å². The molecule has 0 amide bonds. The summed E-state index contributed by atoms with van der Waals surface area (Å²) in [5, 5.41) is 4.86. The summed E-state index contributed by atoms with van der Waals surface area (Å²) in [4.78, 5) is 14.7. The second kappa shape index (κ2) is 9.54. The fourth-order valence-electron chi connectivity index (χ4n) is 5.67. The molecule has 192 valence electrons. The molecule has 0 fully saturated rings. The van der Waals surface area contributed by atoms with E-state index in [0.29, 0.717) is 23.5 Å². The summed E-state index contributed by atoms with van der Waals surface area (Å²) < 4.78 is 10.3. The summed E-state index contributed by atoms with van der Waals surface area (Å²) in [5.74, 6) is 1.78. The highest BCUT2D eigenvalue weighted by molar-refractivity contribution is 6.18. The van der Waals surface area contributed by atoms with Crippen molar-refractivity contribution in [3.8, 4) is 39.9 Å². The van der Waals surface area contributed by atoms with Gasteiger partial charge in [-0.05, 0) is 23.6 Å². The van der Waals surface area contributed by atoms with Crippen molar-refractivity contribution in [2.75, 3.05) is 0 Å². The minimum atomic E-state index is 0.447. The molecule has 0 atom stereocenters. The van der Waals surface area contributed by atoms with Crippen LogP contribution in [0.2, 0.25) is 0 Å². The van der Waals surface area contributed by atoms with Crippen LogP contribution >= 0.6 is 0 Å². The third-order valence-corrected chi connectivity index (χ3v) is 7.57. The Morgan fingerprint density at radius 2 is 1.07 bits per heavy atom. The first-order chi connectivity index (χ1) is 20.7. The Kier molecular flexibility index (Phi) is 5.17. The normalized spacial score (nSPS) is 11.8. The molecule has 0 N–H and O–H groups in total. The highest BCUT2D eigenvalue weighted by Crippen LogP contribution is 2.37. The fraction of sp³-hybridized carbons (Fsp3) is 0. The number of nitrogens with zero attached hydrogens (tertiary/aromatic N) is 4. The highest BCUT2D eigenvalue weighted by atomic mass is 15.0. The van der Waals surface area contributed by atoms with Crippen molar-refractivity contribution in [3.05, 3.63) is 146 Å². The number of para-hydroxylation sites is 1. The average Bonchev–Trinajstić information content (AvgIpc) is 3.40. The lowest BCUT2D eigenvalue weighted by Crippen LogP contribution is -2.01. The van der Waals surface area contributed by atoms with Gasteiger partial charge >= 0.3 is 0 Å². The molecular formula is C37H24N4. The van der Waals surface area contributed by atoms with Crippen LogP contribution in [0.15, 0.2) is 146 Å². The molecule has 0 saturated carbocycles. The third-order valence-electron chi connectivity index (χ3n) is 7.57. The number of fused-ring (bicyclic) bond motifs is 5. The molecule has 6 aromatic carbocycles. The number of hydrogen-bond donors (Lipinski definition) is 0. The summed E-state index contributed by atoms with van der Waals surface area (Å²) in [6.07, 6.45) is 0. The topological polar surface area (TPSA) is 43.6 Å². The Morgan fingerprint density at radius 1 is 0.463 bits per heavy atom. The zero-order valence-electron chi connectivity index (χ0n) is 23.1. The lowest BCUT2D eigenvalue weighted by atomic mass is 10.1. The Morgan fingerprint density at radius 3 is 1.85 bits per heavy atom. The lowest BCUT2D eigenvalue weighted by molar-refractivity contribution is 1.07. The summed E-state index contributed by atoms with van der Waals surface area (Å²) in [7, 11) is 0. The fourth-order valence-corrected chi connectivity index (χ4v) is 5.67. The van der Waals surface area contributed by atoms with Gasteiger partial charge in [0.25, 0.3) is 0 Å². The van der Waals surface area contributed by atoms with Gasteiger partial charge in [-0.2, -0.15) is 0 Å². The van der Waals surface area contributed by atoms with E-state index in [2.05, 4.69) is 89.5 Å². The molecule has 0 bridgehead atoms. The molecular weight excluding hydrogens is 500 g/mol. The third kappa shape index (κ3) is 3.97.